The van der Waals surface area contributed by atoms with Gasteiger partial charge in [0.05, 0.1) is 0 Å². The summed E-state index contributed by atoms with van der Waals surface area (Å²) in [5, 5.41) is 0. The Kier molecular flexibility index (Phi) is 6.16. The zero-order valence-electron chi connectivity index (χ0n) is 9.54. The van der Waals surface area contributed by atoms with Crippen LogP contribution in [0.5, 0.6) is 0 Å². The highest BCUT2D eigenvalue weighted by Gasteiger charge is 2.04. The zero-order chi connectivity index (χ0) is 11.8. The number of hydrogen-bond donors (Lipinski definition) is 0. The largest absolute Gasteiger partial charge is 0.461 e. The van der Waals surface area contributed by atoms with E-state index >= 15 is 0 Å². The van der Waals surface area contributed by atoms with Crippen molar-refractivity contribution in [2.75, 3.05) is 0 Å². The molecule has 0 saturated heterocycles. The number of carbonyl (C=O) groups excluding carboxylic acids is 1. The highest BCUT2D eigenvalue weighted by Crippen LogP contribution is 2.16. The number of benzene rings is 1. The molecule has 1 rings (SSSR count). The first-order valence-corrected chi connectivity index (χ1v) is 6.42. The number of esters is 1. The van der Waals surface area contributed by atoms with Crippen molar-refractivity contribution in [1.82, 2.24) is 0 Å². The minimum Gasteiger partial charge on any atom is -0.461 e. The Morgan fingerprint density at radius 2 is 2.06 bits per heavy atom. The summed E-state index contributed by atoms with van der Waals surface area (Å²) in [5.41, 5.74) is 1.01. The number of rotatable bonds is 6. The van der Waals surface area contributed by atoms with Gasteiger partial charge >= 0.3 is 5.97 Å². The molecule has 0 bridgehead atoms. The highest BCUT2D eigenvalue weighted by molar-refractivity contribution is 9.10. The second-order valence-electron chi connectivity index (χ2n) is 3.71. The maximum absolute atomic E-state index is 11.4. The number of carbonyl (C=O) groups is 1. The van der Waals surface area contributed by atoms with Crippen LogP contribution >= 0.6 is 15.9 Å². The molecule has 0 amide bonds. The van der Waals surface area contributed by atoms with Gasteiger partial charge in [0, 0.05) is 16.5 Å². The second kappa shape index (κ2) is 7.44. The monoisotopic (exact) mass is 284 g/mol. The molecule has 1 aromatic rings. The first-order chi connectivity index (χ1) is 7.74. The quantitative estimate of drug-likeness (QED) is 0.581. The van der Waals surface area contributed by atoms with E-state index in [0.29, 0.717) is 13.0 Å². The van der Waals surface area contributed by atoms with Crippen LogP contribution in [-0.2, 0) is 16.1 Å². The number of unbranched alkanes of at least 4 members (excludes halogenated alkanes) is 2. The third-order valence-electron chi connectivity index (χ3n) is 2.33. The van der Waals surface area contributed by atoms with Crippen LogP contribution in [0.4, 0.5) is 0 Å². The molecule has 0 spiro atoms. The Morgan fingerprint density at radius 3 is 2.75 bits per heavy atom. The maximum atomic E-state index is 11.4. The molecule has 16 heavy (non-hydrogen) atoms. The molecule has 0 aliphatic heterocycles. The fourth-order valence-electron chi connectivity index (χ4n) is 1.37. The fourth-order valence-corrected chi connectivity index (χ4v) is 1.76. The van der Waals surface area contributed by atoms with Crippen molar-refractivity contribution in [2.24, 2.45) is 0 Å². The SMILES string of the molecule is CCCCCC(=O)OCc1ccccc1Br. The molecule has 0 N–H and O–H groups in total. The van der Waals surface area contributed by atoms with Gasteiger partial charge in [-0.05, 0) is 12.5 Å². The van der Waals surface area contributed by atoms with Crippen LogP contribution in [0.2, 0.25) is 0 Å². The zero-order valence-corrected chi connectivity index (χ0v) is 11.1. The second-order valence-corrected chi connectivity index (χ2v) is 4.56. The van der Waals surface area contributed by atoms with Crippen LogP contribution in [-0.4, -0.2) is 5.97 Å². The van der Waals surface area contributed by atoms with E-state index in [4.69, 9.17) is 4.74 Å². The van der Waals surface area contributed by atoms with Gasteiger partial charge in [-0.1, -0.05) is 53.9 Å². The van der Waals surface area contributed by atoms with E-state index in [1.807, 2.05) is 24.3 Å². The average molecular weight is 285 g/mol. The lowest BCUT2D eigenvalue weighted by Crippen LogP contribution is -2.04. The Labute approximate surface area is 105 Å². The molecule has 88 valence electrons. The third-order valence-corrected chi connectivity index (χ3v) is 3.10. The Balaban J connectivity index is 2.29. The predicted octanol–water partition coefficient (Wildman–Crippen LogP) is 4.07. The molecule has 3 heteroatoms. The minimum absolute atomic E-state index is 0.107. The van der Waals surface area contributed by atoms with Crippen molar-refractivity contribution < 1.29 is 9.53 Å². The van der Waals surface area contributed by atoms with Crippen LogP contribution in [0.1, 0.15) is 38.2 Å². The Hall–Kier alpha value is -0.830. The van der Waals surface area contributed by atoms with Crippen LogP contribution < -0.4 is 0 Å². The van der Waals surface area contributed by atoms with Gasteiger partial charge in [0.15, 0.2) is 0 Å². The lowest BCUT2D eigenvalue weighted by Gasteiger charge is -2.06. The van der Waals surface area contributed by atoms with E-state index in [1.165, 1.54) is 0 Å². The average Bonchev–Trinajstić information content (AvgIpc) is 2.28. The summed E-state index contributed by atoms with van der Waals surface area (Å²) in [6.07, 6.45) is 3.66. The molecule has 0 atom stereocenters. The van der Waals surface area contributed by atoms with Gasteiger partial charge in [-0.3, -0.25) is 4.79 Å². The Morgan fingerprint density at radius 1 is 1.31 bits per heavy atom. The van der Waals surface area contributed by atoms with Gasteiger partial charge < -0.3 is 4.74 Å². The summed E-state index contributed by atoms with van der Waals surface area (Å²) in [6, 6.07) is 7.77. The van der Waals surface area contributed by atoms with E-state index in [9.17, 15) is 4.79 Å². The van der Waals surface area contributed by atoms with Gasteiger partial charge in [-0.15, -0.1) is 0 Å². The van der Waals surface area contributed by atoms with Gasteiger partial charge in [0.25, 0.3) is 0 Å². The van der Waals surface area contributed by atoms with E-state index in [-0.39, 0.29) is 5.97 Å². The van der Waals surface area contributed by atoms with Crippen LogP contribution in [0.25, 0.3) is 0 Å². The topological polar surface area (TPSA) is 26.3 Å². The predicted molar refractivity (Wildman–Crippen MR) is 68.1 cm³/mol. The maximum Gasteiger partial charge on any atom is 0.306 e. The van der Waals surface area contributed by atoms with Crippen LogP contribution in [0, 0.1) is 0 Å². The number of hydrogen-bond acceptors (Lipinski definition) is 2. The summed E-state index contributed by atoms with van der Waals surface area (Å²) in [7, 11) is 0. The molecule has 0 radical (unpaired) electrons. The molecular formula is C13H17BrO2. The summed E-state index contributed by atoms with van der Waals surface area (Å²) >= 11 is 3.42. The van der Waals surface area contributed by atoms with Crippen molar-refractivity contribution >= 4 is 21.9 Å². The molecule has 0 aliphatic carbocycles. The van der Waals surface area contributed by atoms with Crippen molar-refractivity contribution in [2.45, 2.75) is 39.2 Å². The summed E-state index contributed by atoms with van der Waals surface area (Å²) in [4.78, 5) is 11.4. The molecule has 0 saturated carbocycles. The molecule has 0 aliphatic rings. The summed E-state index contributed by atoms with van der Waals surface area (Å²) in [6.45, 7) is 2.47. The van der Waals surface area contributed by atoms with Crippen molar-refractivity contribution in [3.63, 3.8) is 0 Å². The van der Waals surface area contributed by atoms with E-state index in [1.54, 1.807) is 0 Å². The van der Waals surface area contributed by atoms with Crippen molar-refractivity contribution in [3.05, 3.63) is 34.3 Å². The van der Waals surface area contributed by atoms with Gasteiger partial charge in [-0.2, -0.15) is 0 Å². The number of halogens is 1. The summed E-state index contributed by atoms with van der Waals surface area (Å²) in [5.74, 6) is -0.107. The van der Waals surface area contributed by atoms with Gasteiger partial charge in [-0.25, -0.2) is 0 Å². The normalized spacial score (nSPS) is 10.1. The molecular weight excluding hydrogens is 268 g/mol. The first kappa shape index (κ1) is 13.2. The Bertz CT molecular complexity index is 336. The van der Waals surface area contributed by atoms with Gasteiger partial charge in [0.2, 0.25) is 0 Å². The van der Waals surface area contributed by atoms with Crippen molar-refractivity contribution in [1.29, 1.82) is 0 Å². The standard InChI is InChI=1S/C13H17BrO2/c1-2-3-4-9-13(15)16-10-11-7-5-6-8-12(11)14/h5-8H,2-4,9-10H2,1H3. The fraction of sp³-hybridized carbons (Fsp3) is 0.462. The molecule has 0 heterocycles. The molecule has 0 fully saturated rings. The third kappa shape index (κ3) is 4.79. The van der Waals surface area contributed by atoms with E-state index < -0.39 is 0 Å². The smallest absolute Gasteiger partial charge is 0.306 e. The van der Waals surface area contributed by atoms with Crippen LogP contribution in [0.3, 0.4) is 0 Å². The first-order valence-electron chi connectivity index (χ1n) is 5.63. The molecule has 1 aromatic carbocycles. The lowest BCUT2D eigenvalue weighted by atomic mass is 10.2. The van der Waals surface area contributed by atoms with E-state index in [0.717, 1.165) is 29.3 Å². The van der Waals surface area contributed by atoms with Crippen molar-refractivity contribution in [3.8, 4) is 0 Å². The molecule has 0 aromatic heterocycles. The minimum atomic E-state index is -0.107. The molecule has 2 nitrogen and oxygen atoms in total. The van der Waals surface area contributed by atoms with E-state index in [2.05, 4.69) is 22.9 Å². The van der Waals surface area contributed by atoms with Gasteiger partial charge in [0.1, 0.15) is 6.61 Å². The molecule has 0 unspecified atom stereocenters. The lowest BCUT2D eigenvalue weighted by molar-refractivity contribution is -0.145. The highest BCUT2D eigenvalue weighted by atomic mass is 79.9. The van der Waals surface area contributed by atoms with Crippen LogP contribution in [0.15, 0.2) is 28.7 Å². The summed E-state index contributed by atoms with van der Waals surface area (Å²) < 4.78 is 6.17. The number of ether oxygens (including phenoxy) is 1.